The monoisotopic (exact) mass is 347 g/mol. The molecule has 2 rings (SSSR count). The third-order valence-corrected chi connectivity index (χ3v) is 4.42. The zero-order valence-corrected chi connectivity index (χ0v) is 14.5. The molecule has 0 radical (unpaired) electrons. The normalized spacial score (nSPS) is 19.8. The van der Waals surface area contributed by atoms with Gasteiger partial charge in [-0.3, -0.25) is 20.4 Å². The van der Waals surface area contributed by atoms with Crippen LogP contribution in [-0.4, -0.2) is 24.4 Å². The number of aliphatic carboxylic acids is 1. The van der Waals surface area contributed by atoms with Gasteiger partial charge < -0.3 is 14.6 Å². The summed E-state index contributed by atoms with van der Waals surface area (Å²) >= 11 is 0. The van der Waals surface area contributed by atoms with Crippen molar-refractivity contribution in [3.05, 3.63) is 29.3 Å². The number of hydrogen-bond donors (Lipinski definition) is 2. The molecule has 25 heavy (non-hydrogen) atoms. The van der Waals surface area contributed by atoms with E-state index in [9.17, 15) is 19.5 Å². The van der Waals surface area contributed by atoms with Gasteiger partial charge in [0, 0.05) is 17.8 Å². The van der Waals surface area contributed by atoms with Gasteiger partial charge in [-0.15, -0.1) is 0 Å². The molecule has 1 aliphatic carbocycles. The van der Waals surface area contributed by atoms with Crippen molar-refractivity contribution in [2.45, 2.75) is 39.5 Å². The lowest BCUT2D eigenvalue weighted by Gasteiger charge is -2.31. The molecule has 2 N–H and O–H groups in total. The largest absolute Gasteiger partial charge is 0.550 e. The zero-order valence-electron chi connectivity index (χ0n) is 14.5. The summed E-state index contributed by atoms with van der Waals surface area (Å²) in [5.41, 5.74) is 6.56. The molecule has 1 saturated carbocycles. The maximum absolute atomic E-state index is 12.1. The van der Waals surface area contributed by atoms with Gasteiger partial charge >= 0.3 is 0 Å². The van der Waals surface area contributed by atoms with Crippen LogP contribution in [-0.2, 0) is 14.4 Å². The summed E-state index contributed by atoms with van der Waals surface area (Å²) in [5, 5.41) is 11.1. The maximum atomic E-state index is 12.1. The average Bonchev–Trinajstić information content (AvgIpc) is 2.58. The van der Waals surface area contributed by atoms with Crippen LogP contribution in [0.25, 0.3) is 0 Å². The molecule has 0 spiro atoms. The van der Waals surface area contributed by atoms with E-state index in [0.717, 1.165) is 24.0 Å². The minimum absolute atomic E-state index is 0.251. The predicted octanol–water partition coefficient (Wildman–Crippen LogP) is 0.386. The molecule has 1 aromatic carbocycles. The highest BCUT2D eigenvalue weighted by atomic mass is 16.5. The standard InChI is InChI=1S/C18H24N2O5/c1-11-7-8-15(12(2)9-11)25-10-16(21)19-20-17(22)13-5-3-4-6-14(13)18(23)24/h7-9,13-14H,3-6,10H2,1-2H3,(H,19,21)(H,20,22)(H,23,24)/p-1/t13-,14+/m1/s1. The second-order valence-electron chi connectivity index (χ2n) is 6.41. The lowest BCUT2D eigenvalue weighted by molar-refractivity contribution is -0.314. The van der Waals surface area contributed by atoms with Crippen molar-refractivity contribution >= 4 is 17.8 Å². The molecule has 0 saturated heterocycles. The van der Waals surface area contributed by atoms with Crippen molar-refractivity contribution in [2.24, 2.45) is 11.8 Å². The van der Waals surface area contributed by atoms with E-state index in [2.05, 4.69) is 10.9 Å². The zero-order chi connectivity index (χ0) is 18.4. The van der Waals surface area contributed by atoms with Gasteiger partial charge in [0.2, 0.25) is 5.91 Å². The summed E-state index contributed by atoms with van der Waals surface area (Å²) in [4.78, 5) is 35.1. The van der Waals surface area contributed by atoms with Crippen molar-refractivity contribution in [3.8, 4) is 5.75 Å². The van der Waals surface area contributed by atoms with Crippen LogP contribution in [0.15, 0.2) is 18.2 Å². The number of carbonyl (C=O) groups excluding carboxylic acids is 3. The van der Waals surface area contributed by atoms with E-state index in [0.29, 0.717) is 18.6 Å². The van der Waals surface area contributed by atoms with Crippen LogP contribution in [0.3, 0.4) is 0 Å². The molecule has 1 aliphatic rings. The Kier molecular flexibility index (Phi) is 6.38. The van der Waals surface area contributed by atoms with Gasteiger partial charge in [-0.1, -0.05) is 30.5 Å². The van der Waals surface area contributed by atoms with E-state index in [1.54, 1.807) is 6.07 Å². The molecule has 1 aromatic rings. The van der Waals surface area contributed by atoms with E-state index < -0.39 is 29.6 Å². The van der Waals surface area contributed by atoms with Gasteiger partial charge in [0.15, 0.2) is 6.61 Å². The number of carbonyl (C=O) groups is 3. The first-order valence-electron chi connectivity index (χ1n) is 8.38. The van der Waals surface area contributed by atoms with Gasteiger partial charge in [0.05, 0.1) is 0 Å². The van der Waals surface area contributed by atoms with E-state index in [1.807, 2.05) is 26.0 Å². The molecule has 2 amide bonds. The van der Waals surface area contributed by atoms with Gasteiger partial charge in [-0.2, -0.15) is 0 Å². The fourth-order valence-corrected chi connectivity index (χ4v) is 3.09. The number of hydrogen-bond acceptors (Lipinski definition) is 5. The topological polar surface area (TPSA) is 108 Å². The number of rotatable bonds is 5. The minimum atomic E-state index is -1.22. The molecule has 0 aromatic heterocycles. The Labute approximate surface area is 146 Å². The number of carboxylic acids is 1. The van der Waals surface area contributed by atoms with Crippen LogP contribution in [0.1, 0.15) is 36.8 Å². The van der Waals surface area contributed by atoms with Crippen LogP contribution in [0.2, 0.25) is 0 Å². The molecular weight excluding hydrogens is 324 g/mol. The molecule has 136 valence electrons. The fourth-order valence-electron chi connectivity index (χ4n) is 3.09. The number of hydrazine groups is 1. The van der Waals surface area contributed by atoms with E-state index in [-0.39, 0.29) is 6.61 Å². The highest BCUT2D eigenvalue weighted by molar-refractivity contribution is 5.87. The minimum Gasteiger partial charge on any atom is -0.550 e. The Morgan fingerprint density at radius 1 is 1.12 bits per heavy atom. The average molecular weight is 347 g/mol. The molecule has 7 nitrogen and oxygen atoms in total. The van der Waals surface area contributed by atoms with Crippen molar-refractivity contribution in [1.29, 1.82) is 0 Å². The number of carboxylic acid groups (broad SMARTS) is 1. The van der Waals surface area contributed by atoms with Gasteiger partial charge in [-0.05, 0) is 38.3 Å². The quantitative estimate of drug-likeness (QED) is 0.749. The molecular formula is C18H23N2O5-. The second kappa shape index (κ2) is 8.50. The lowest BCUT2D eigenvalue weighted by Crippen LogP contribution is -2.50. The summed E-state index contributed by atoms with van der Waals surface area (Å²) < 4.78 is 5.42. The third kappa shape index (κ3) is 5.20. The van der Waals surface area contributed by atoms with Gasteiger partial charge in [-0.25, -0.2) is 0 Å². The highest BCUT2D eigenvalue weighted by Gasteiger charge is 2.31. The fraction of sp³-hybridized carbons (Fsp3) is 0.500. The Bertz CT molecular complexity index is 659. The smallest absolute Gasteiger partial charge is 0.276 e. The SMILES string of the molecule is Cc1ccc(OCC(=O)NNC(=O)[C@@H]2CCCC[C@@H]2C(=O)[O-])c(C)c1. The summed E-state index contributed by atoms with van der Waals surface area (Å²) in [7, 11) is 0. The number of amides is 2. The molecule has 0 bridgehead atoms. The van der Waals surface area contributed by atoms with E-state index in [1.165, 1.54) is 0 Å². The number of benzene rings is 1. The number of nitrogens with one attached hydrogen (secondary N) is 2. The molecule has 0 unspecified atom stereocenters. The molecule has 1 fully saturated rings. The first-order valence-corrected chi connectivity index (χ1v) is 8.38. The van der Waals surface area contributed by atoms with Crippen LogP contribution < -0.4 is 20.7 Å². The lowest BCUT2D eigenvalue weighted by atomic mass is 9.79. The van der Waals surface area contributed by atoms with Crippen LogP contribution in [0, 0.1) is 25.7 Å². The van der Waals surface area contributed by atoms with Crippen molar-refractivity contribution in [2.75, 3.05) is 6.61 Å². The van der Waals surface area contributed by atoms with Crippen LogP contribution in [0.4, 0.5) is 0 Å². The first-order chi connectivity index (χ1) is 11.9. The Morgan fingerprint density at radius 3 is 2.44 bits per heavy atom. The number of aryl methyl sites for hydroxylation is 2. The summed E-state index contributed by atoms with van der Waals surface area (Å²) in [5.74, 6) is -3.14. The second-order valence-corrected chi connectivity index (χ2v) is 6.41. The summed E-state index contributed by atoms with van der Waals surface area (Å²) in [6.07, 6.45) is 2.44. The maximum Gasteiger partial charge on any atom is 0.276 e. The van der Waals surface area contributed by atoms with Gasteiger partial charge in [0.1, 0.15) is 5.75 Å². The van der Waals surface area contributed by atoms with Crippen molar-refractivity contribution in [3.63, 3.8) is 0 Å². The van der Waals surface area contributed by atoms with Gasteiger partial charge in [0.25, 0.3) is 5.91 Å². The van der Waals surface area contributed by atoms with Crippen LogP contribution >= 0.6 is 0 Å². The van der Waals surface area contributed by atoms with Crippen molar-refractivity contribution < 1.29 is 24.2 Å². The van der Waals surface area contributed by atoms with E-state index >= 15 is 0 Å². The first kappa shape index (κ1) is 18.8. The molecule has 7 heteroatoms. The molecule has 0 aliphatic heterocycles. The predicted molar refractivity (Wildman–Crippen MR) is 88.2 cm³/mol. The van der Waals surface area contributed by atoms with Crippen molar-refractivity contribution in [1.82, 2.24) is 10.9 Å². The Hall–Kier alpha value is -2.57. The summed E-state index contributed by atoms with van der Waals surface area (Å²) in [6, 6.07) is 5.60. The summed E-state index contributed by atoms with van der Waals surface area (Å²) in [6.45, 7) is 3.59. The number of ether oxygens (including phenoxy) is 1. The molecule has 2 atom stereocenters. The Balaban J connectivity index is 1.80. The van der Waals surface area contributed by atoms with E-state index in [4.69, 9.17) is 4.74 Å². The third-order valence-electron chi connectivity index (χ3n) is 4.42. The van der Waals surface area contributed by atoms with Crippen LogP contribution in [0.5, 0.6) is 5.75 Å². The Morgan fingerprint density at radius 2 is 1.80 bits per heavy atom. The molecule has 0 heterocycles. The highest BCUT2D eigenvalue weighted by Crippen LogP contribution is 2.29.